The lowest BCUT2D eigenvalue weighted by Gasteiger charge is -2.19. The van der Waals surface area contributed by atoms with Gasteiger partial charge in [0.05, 0.1) is 11.3 Å². The summed E-state index contributed by atoms with van der Waals surface area (Å²) in [7, 11) is 0. The highest BCUT2D eigenvalue weighted by Crippen LogP contribution is 2.47. The van der Waals surface area contributed by atoms with Crippen molar-refractivity contribution in [3.63, 3.8) is 0 Å². The molecule has 0 aliphatic carbocycles. The number of carbonyl (C=O) groups excluding carboxylic acids is 2. The Morgan fingerprint density at radius 1 is 0.833 bits per heavy atom. The Bertz CT molecular complexity index is 1440. The van der Waals surface area contributed by atoms with E-state index >= 15 is 0 Å². The number of hydrogen-bond acceptors (Lipinski definition) is 3. The largest absolute Gasteiger partial charge is 0.454 e. The predicted octanol–water partition coefficient (Wildman–Crippen LogP) is 7.75. The van der Waals surface area contributed by atoms with E-state index in [9.17, 15) is 9.59 Å². The van der Waals surface area contributed by atoms with Gasteiger partial charge in [0.1, 0.15) is 0 Å². The lowest BCUT2D eigenvalue weighted by atomic mass is 9.86. The molecule has 0 fully saturated rings. The molecule has 182 valence electrons. The molecule has 0 N–H and O–H groups in total. The summed E-state index contributed by atoms with van der Waals surface area (Å²) < 4.78 is 7.57. The molecule has 0 saturated carbocycles. The van der Waals surface area contributed by atoms with Crippen LogP contribution in [0.4, 0.5) is 0 Å². The number of nitrogens with zero attached hydrogens (tertiary/aromatic N) is 1. The minimum Gasteiger partial charge on any atom is -0.454 e. The summed E-state index contributed by atoms with van der Waals surface area (Å²) in [5.74, 6) is -0.812. The molecule has 0 spiro atoms. The van der Waals surface area contributed by atoms with Crippen LogP contribution in [0.15, 0.2) is 78.9 Å². The molecule has 0 bridgehead atoms. The Labute approximate surface area is 220 Å². The van der Waals surface area contributed by atoms with Gasteiger partial charge in [-0.1, -0.05) is 79.5 Å². The fraction of sp³-hybridized carbons (Fsp3) is 0.200. The van der Waals surface area contributed by atoms with E-state index in [1.165, 1.54) is 0 Å². The number of hydrogen-bond donors (Lipinski definition) is 0. The van der Waals surface area contributed by atoms with E-state index in [4.69, 9.17) is 27.9 Å². The number of ketones is 1. The van der Waals surface area contributed by atoms with Crippen LogP contribution in [-0.2, 0) is 17.7 Å². The van der Waals surface area contributed by atoms with Crippen molar-refractivity contribution in [2.75, 3.05) is 6.61 Å². The molecule has 3 aromatic carbocycles. The smallest absolute Gasteiger partial charge is 0.338 e. The number of ether oxygens (including phenoxy) is 1. The van der Waals surface area contributed by atoms with Gasteiger partial charge in [-0.2, -0.15) is 0 Å². The van der Waals surface area contributed by atoms with Crippen molar-refractivity contribution in [3.8, 4) is 22.3 Å². The van der Waals surface area contributed by atoms with Gasteiger partial charge >= 0.3 is 5.97 Å². The summed E-state index contributed by atoms with van der Waals surface area (Å²) >= 11 is 12.1. The van der Waals surface area contributed by atoms with Crippen molar-refractivity contribution in [2.24, 2.45) is 5.41 Å². The van der Waals surface area contributed by atoms with Gasteiger partial charge in [0, 0.05) is 33.4 Å². The molecular formula is C30H25Cl2NO3. The van der Waals surface area contributed by atoms with Crippen LogP contribution in [0, 0.1) is 5.41 Å². The van der Waals surface area contributed by atoms with E-state index < -0.39 is 5.97 Å². The minimum absolute atomic E-state index is 0.00754. The Morgan fingerprint density at radius 2 is 1.42 bits per heavy atom. The number of halogens is 2. The molecule has 6 heteroatoms. The van der Waals surface area contributed by atoms with Crippen molar-refractivity contribution in [3.05, 3.63) is 106 Å². The van der Waals surface area contributed by atoms with Crippen molar-refractivity contribution in [1.82, 2.24) is 4.57 Å². The molecule has 0 saturated heterocycles. The van der Waals surface area contributed by atoms with Gasteiger partial charge < -0.3 is 9.30 Å². The van der Waals surface area contributed by atoms with Gasteiger partial charge in [-0.15, -0.1) is 0 Å². The first kappa shape index (κ1) is 24.4. The van der Waals surface area contributed by atoms with Crippen LogP contribution >= 0.6 is 23.2 Å². The first-order valence-electron chi connectivity index (χ1n) is 11.8. The minimum atomic E-state index is -0.565. The summed E-state index contributed by atoms with van der Waals surface area (Å²) in [5.41, 5.74) is 5.82. The number of esters is 1. The van der Waals surface area contributed by atoms with Crippen LogP contribution in [-0.4, -0.2) is 22.9 Å². The summed E-state index contributed by atoms with van der Waals surface area (Å²) in [4.78, 5) is 26.4. The van der Waals surface area contributed by atoms with Crippen LogP contribution in [0.5, 0.6) is 0 Å². The Morgan fingerprint density at radius 3 is 2.06 bits per heavy atom. The fourth-order valence-electron chi connectivity index (χ4n) is 4.94. The van der Waals surface area contributed by atoms with E-state index in [0.29, 0.717) is 27.8 Å². The van der Waals surface area contributed by atoms with Crippen LogP contribution < -0.4 is 0 Å². The second kappa shape index (κ2) is 9.61. The van der Waals surface area contributed by atoms with Crippen LogP contribution in [0.1, 0.15) is 40.4 Å². The number of aromatic nitrogens is 1. The molecule has 0 atom stereocenters. The maximum absolute atomic E-state index is 13.8. The average molecular weight is 518 g/mol. The first-order valence-corrected chi connectivity index (χ1v) is 12.5. The molecule has 0 unspecified atom stereocenters. The number of fused-ring (bicyclic) bond motifs is 1. The van der Waals surface area contributed by atoms with Gasteiger partial charge in [-0.3, -0.25) is 4.79 Å². The third kappa shape index (κ3) is 4.71. The zero-order chi connectivity index (χ0) is 25.4. The highest BCUT2D eigenvalue weighted by Gasteiger charge is 2.38. The zero-order valence-corrected chi connectivity index (χ0v) is 21.6. The van der Waals surface area contributed by atoms with E-state index in [1.54, 1.807) is 24.3 Å². The average Bonchev–Trinajstić information content (AvgIpc) is 3.33. The monoisotopic (exact) mass is 517 g/mol. The molecule has 36 heavy (non-hydrogen) atoms. The molecule has 5 rings (SSSR count). The maximum Gasteiger partial charge on any atom is 0.338 e. The molecule has 0 radical (unpaired) electrons. The SMILES string of the molecule is CC1(C)Cc2c(-c3ccccc3)c(-c3ccc(Cl)cc3)c(C(=O)COC(=O)c3ccc(Cl)cc3)n2C1. The molecule has 1 aromatic heterocycles. The molecular weight excluding hydrogens is 493 g/mol. The third-order valence-corrected chi connectivity index (χ3v) is 6.98. The Balaban J connectivity index is 1.60. The van der Waals surface area contributed by atoms with E-state index in [2.05, 4.69) is 30.5 Å². The van der Waals surface area contributed by atoms with Gasteiger partial charge in [0.25, 0.3) is 0 Å². The topological polar surface area (TPSA) is 48.3 Å². The lowest BCUT2D eigenvalue weighted by molar-refractivity contribution is 0.0472. The maximum atomic E-state index is 13.8. The highest BCUT2D eigenvalue weighted by atomic mass is 35.5. The second-order valence-electron chi connectivity index (χ2n) is 9.85. The van der Waals surface area contributed by atoms with Crippen molar-refractivity contribution in [2.45, 2.75) is 26.8 Å². The zero-order valence-electron chi connectivity index (χ0n) is 20.1. The molecule has 2 heterocycles. The fourth-order valence-corrected chi connectivity index (χ4v) is 5.19. The molecule has 4 aromatic rings. The predicted molar refractivity (Wildman–Crippen MR) is 144 cm³/mol. The Hall–Kier alpha value is -3.34. The van der Waals surface area contributed by atoms with Gasteiger partial charge in [0.2, 0.25) is 5.78 Å². The number of carbonyl (C=O) groups is 2. The van der Waals surface area contributed by atoms with Crippen molar-refractivity contribution >= 4 is 35.0 Å². The van der Waals surface area contributed by atoms with E-state index in [-0.39, 0.29) is 17.8 Å². The van der Waals surface area contributed by atoms with Gasteiger partial charge in [-0.25, -0.2) is 4.79 Å². The summed E-state index contributed by atoms with van der Waals surface area (Å²) in [6, 6.07) is 24.0. The first-order chi connectivity index (χ1) is 17.2. The van der Waals surface area contributed by atoms with Crippen LogP contribution in [0.2, 0.25) is 10.0 Å². The standard InChI is InChI=1S/C30H25Cl2NO3/c1-30(2)16-24-26(19-6-4-3-5-7-19)27(20-8-12-22(31)13-9-20)28(33(24)18-30)25(34)17-36-29(35)21-10-14-23(32)15-11-21/h3-15H,16-18H2,1-2H3. The van der Waals surface area contributed by atoms with Crippen molar-refractivity contribution in [1.29, 1.82) is 0 Å². The molecule has 1 aliphatic heterocycles. The molecule has 0 amide bonds. The Kier molecular flexibility index (Phi) is 6.50. The third-order valence-electron chi connectivity index (χ3n) is 6.48. The van der Waals surface area contributed by atoms with E-state index in [0.717, 1.165) is 34.4 Å². The van der Waals surface area contributed by atoms with Gasteiger partial charge in [-0.05, 0) is 59.4 Å². The van der Waals surface area contributed by atoms with Crippen LogP contribution in [0.3, 0.4) is 0 Å². The number of Topliss-reactive ketones (excluding diaryl/α,β-unsaturated/α-hetero) is 1. The van der Waals surface area contributed by atoms with Gasteiger partial charge in [0.15, 0.2) is 6.61 Å². The summed E-state index contributed by atoms with van der Waals surface area (Å²) in [5, 5.41) is 1.15. The molecule has 4 nitrogen and oxygen atoms in total. The summed E-state index contributed by atoms with van der Waals surface area (Å²) in [6.07, 6.45) is 0.829. The molecule has 1 aliphatic rings. The van der Waals surface area contributed by atoms with Crippen molar-refractivity contribution < 1.29 is 14.3 Å². The summed E-state index contributed by atoms with van der Waals surface area (Å²) in [6.45, 7) is 4.74. The quantitative estimate of drug-likeness (QED) is 0.194. The number of rotatable bonds is 6. The van der Waals surface area contributed by atoms with Crippen LogP contribution in [0.25, 0.3) is 22.3 Å². The lowest BCUT2D eigenvalue weighted by Crippen LogP contribution is -2.20. The van der Waals surface area contributed by atoms with E-state index in [1.807, 2.05) is 42.5 Å². The highest BCUT2D eigenvalue weighted by molar-refractivity contribution is 6.31. The normalized spacial score (nSPS) is 13.9. The number of benzene rings is 3. The second-order valence-corrected chi connectivity index (χ2v) is 10.7.